The van der Waals surface area contributed by atoms with Crippen LogP contribution in [0.4, 0.5) is 11.4 Å². The lowest BCUT2D eigenvalue weighted by molar-refractivity contribution is -0.113. The number of benzene rings is 3. The predicted octanol–water partition coefficient (Wildman–Crippen LogP) is 5.12. The van der Waals surface area contributed by atoms with Gasteiger partial charge in [0, 0.05) is 11.4 Å². The largest absolute Gasteiger partial charge is 0.325 e. The molecule has 0 fully saturated rings. The van der Waals surface area contributed by atoms with Crippen molar-refractivity contribution in [1.29, 1.82) is 0 Å². The van der Waals surface area contributed by atoms with Gasteiger partial charge >= 0.3 is 0 Å². The highest BCUT2D eigenvalue weighted by molar-refractivity contribution is 7.99. The first-order valence-electron chi connectivity index (χ1n) is 9.00. The number of amides is 2. The van der Waals surface area contributed by atoms with Gasteiger partial charge in [-0.05, 0) is 42.3 Å². The van der Waals surface area contributed by atoms with Crippen molar-refractivity contribution in [3.05, 3.63) is 95.6 Å². The van der Waals surface area contributed by atoms with Crippen LogP contribution in [0.25, 0.3) is 0 Å². The topological polar surface area (TPSA) is 58.2 Å². The molecule has 0 bridgehead atoms. The molecule has 0 aromatic heterocycles. The van der Waals surface area contributed by atoms with Gasteiger partial charge in [-0.3, -0.25) is 9.59 Å². The lowest BCUT2D eigenvalue weighted by atomic mass is 10.1. The predicted molar refractivity (Wildman–Crippen MR) is 117 cm³/mol. The van der Waals surface area contributed by atoms with Gasteiger partial charge < -0.3 is 10.6 Å². The van der Waals surface area contributed by atoms with Gasteiger partial charge in [0.15, 0.2) is 0 Å². The van der Waals surface area contributed by atoms with Gasteiger partial charge in [-0.1, -0.05) is 54.6 Å². The molecular formula is C23H22N2O2S. The molecule has 0 aliphatic rings. The lowest BCUT2D eigenvalue weighted by Crippen LogP contribution is -2.19. The van der Waals surface area contributed by atoms with Gasteiger partial charge in [-0.25, -0.2) is 0 Å². The minimum absolute atomic E-state index is 0.128. The Hall–Kier alpha value is -3.05. The summed E-state index contributed by atoms with van der Waals surface area (Å²) < 4.78 is 0. The molecule has 0 radical (unpaired) electrons. The standard InChI is InChI=1S/C23H22N2O2S/c1-17-8-7-11-19(14-17)24-23(27)20-12-5-6-13-21(20)25-22(26)16-28-15-18-9-3-2-4-10-18/h2-14H,15-16H2,1H3,(H,24,27)(H,25,26). The Labute approximate surface area is 169 Å². The van der Waals surface area contributed by atoms with Crippen LogP contribution in [0.3, 0.4) is 0 Å². The highest BCUT2D eigenvalue weighted by atomic mass is 32.2. The fourth-order valence-corrected chi connectivity index (χ4v) is 3.52. The zero-order valence-corrected chi connectivity index (χ0v) is 16.5. The highest BCUT2D eigenvalue weighted by Crippen LogP contribution is 2.19. The molecule has 142 valence electrons. The van der Waals surface area contributed by atoms with Crippen LogP contribution in [0.2, 0.25) is 0 Å². The van der Waals surface area contributed by atoms with Gasteiger partial charge in [-0.15, -0.1) is 11.8 Å². The van der Waals surface area contributed by atoms with Crippen molar-refractivity contribution in [3.63, 3.8) is 0 Å². The van der Waals surface area contributed by atoms with E-state index in [1.54, 1.807) is 24.3 Å². The summed E-state index contributed by atoms with van der Waals surface area (Å²) in [6, 6.07) is 24.7. The average Bonchev–Trinajstić information content (AvgIpc) is 2.69. The first-order valence-corrected chi connectivity index (χ1v) is 10.2. The van der Waals surface area contributed by atoms with Crippen molar-refractivity contribution in [1.82, 2.24) is 0 Å². The molecule has 0 unspecified atom stereocenters. The summed E-state index contributed by atoms with van der Waals surface area (Å²) in [6.07, 6.45) is 0. The molecule has 3 rings (SSSR count). The zero-order valence-electron chi connectivity index (χ0n) is 15.6. The van der Waals surface area contributed by atoms with Crippen LogP contribution in [-0.2, 0) is 10.5 Å². The van der Waals surface area contributed by atoms with E-state index in [2.05, 4.69) is 10.6 Å². The summed E-state index contributed by atoms with van der Waals surface area (Å²) in [5.74, 6) is 0.710. The number of para-hydroxylation sites is 1. The quantitative estimate of drug-likeness (QED) is 0.589. The van der Waals surface area contributed by atoms with E-state index >= 15 is 0 Å². The molecule has 2 N–H and O–H groups in total. The normalized spacial score (nSPS) is 10.3. The first-order chi connectivity index (χ1) is 13.6. The summed E-state index contributed by atoms with van der Waals surface area (Å²) in [5.41, 5.74) is 3.92. The second kappa shape index (κ2) is 9.76. The number of rotatable bonds is 7. The number of carbonyl (C=O) groups is 2. The van der Waals surface area contributed by atoms with E-state index in [0.29, 0.717) is 17.0 Å². The first kappa shape index (κ1) is 19.7. The van der Waals surface area contributed by atoms with Crippen molar-refractivity contribution in [3.8, 4) is 0 Å². The highest BCUT2D eigenvalue weighted by Gasteiger charge is 2.13. The number of carbonyl (C=O) groups excluding carboxylic acids is 2. The molecule has 4 nitrogen and oxygen atoms in total. The smallest absolute Gasteiger partial charge is 0.257 e. The Bertz CT molecular complexity index is 958. The molecular weight excluding hydrogens is 368 g/mol. The number of nitrogens with one attached hydrogen (secondary N) is 2. The van der Waals surface area contributed by atoms with Crippen LogP contribution in [0.5, 0.6) is 0 Å². The SMILES string of the molecule is Cc1cccc(NC(=O)c2ccccc2NC(=O)CSCc2ccccc2)c1. The number of thioether (sulfide) groups is 1. The van der Waals surface area contributed by atoms with E-state index in [1.807, 2.05) is 61.5 Å². The Balaban J connectivity index is 1.59. The van der Waals surface area contributed by atoms with E-state index in [0.717, 1.165) is 17.0 Å². The van der Waals surface area contributed by atoms with Crippen LogP contribution < -0.4 is 10.6 Å². The Morgan fingerprint density at radius 2 is 1.61 bits per heavy atom. The molecule has 2 amide bonds. The van der Waals surface area contributed by atoms with Gasteiger partial charge in [0.25, 0.3) is 5.91 Å². The molecule has 5 heteroatoms. The third-order valence-corrected chi connectivity index (χ3v) is 5.07. The van der Waals surface area contributed by atoms with Crippen LogP contribution in [-0.4, -0.2) is 17.6 Å². The van der Waals surface area contributed by atoms with Crippen LogP contribution in [0.15, 0.2) is 78.9 Å². The molecule has 3 aromatic rings. The van der Waals surface area contributed by atoms with Crippen LogP contribution >= 0.6 is 11.8 Å². The molecule has 0 heterocycles. The van der Waals surface area contributed by atoms with Crippen molar-refractivity contribution in [2.75, 3.05) is 16.4 Å². The zero-order chi connectivity index (χ0) is 19.8. The molecule has 3 aromatic carbocycles. The van der Waals surface area contributed by atoms with Crippen LogP contribution in [0.1, 0.15) is 21.5 Å². The van der Waals surface area contributed by atoms with Crippen molar-refractivity contribution in [2.45, 2.75) is 12.7 Å². The molecule has 28 heavy (non-hydrogen) atoms. The summed E-state index contributed by atoms with van der Waals surface area (Å²) in [5, 5.41) is 5.74. The molecule has 0 spiro atoms. The van der Waals surface area contributed by atoms with Crippen molar-refractivity contribution >= 4 is 35.0 Å². The fraction of sp³-hybridized carbons (Fsp3) is 0.130. The van der Waals surface area contributed by atoms with Gasteiger partial charge in [0.2, 0.25) is 5.91 Å². The molecule has 0 aliphatic heterocycles. The van der Waals surface area contributed by atoms with Gasteiger partial charge in [-0.2, -0.15) is 0 Å². The molecule has 0 saturated heterocycles. The summed E-state index contributed by atoms with van der Waals surface area (Å²) in [7, 11) is 0. The maximum Gasteiger partial charge on any atom is 0.257 e. The summed E-state index contributed by atoms with van der Waals surface area (Å²) in [4.78, 5) is 25.0. The number of anilines is 2. The summed E-state index contributed by atoms with van der Waals surface area (Å²) in [6.45, 7) is 1.97. The van der Waals surface area contributed by atoms with E-state index in [9.17, 15) is 9.59 Å². The van der Waals surface area contributed by atoms with E-state index in [4.69, 9.17) is 0 Å². The lowest BCUT2D eigenvalue weighted by Gasteiger charge is -2.12. The Kier molecular flexibility index (Phi) is 6.87. The van der Waals surface area contributed by atoms with E-state index in [1.165, 1.54) is 17.3 Å². The number of hydrogen-bond acceptors (Lipinski definition) is 3. The number of aryl methyl sites for hydroxylation is 1. The van der Waals surface area contributed by atoms with Crippen molar-refractivity contribution in [2.24, 2.45) is 0 Å². The third-order valence-electron chi connectivity index (χ3n) is 4.07. The fourth-order valence-electron chi connectivity index (χ4n) is 2.73. The summed E-state index contributed by atoms with van der Waals surface area (Å²) >= 11 is 1.54. The third kappa shape index (κ3) is 5.72. The molecule has 0 atom stereocenters. The number of hydrogen-bond donors (Lipinski definition) is 2. The average molecular weight is 391 g/mol. The van der Waals surface area contributed by atoms with Crippen LogP contribution in [0, 0.1) is 6.92 Å². The molecule has 0 aliphatic carbocycles. The van der Waals surface area contributed by atoms with Crippen molar-refractivity contribution < 1.29 is 9.59 Å². The van der Waals surface area contributed by atoms with Gasteiger partial charge in [0.1, 0.15) is 0 Å². The minimum Gasteiger partial charge on any atom is -0.325 e. The monoisotopic (exact) mass is 390 g/mol. The molecule has 0 saturated carbocycles. The maximum absolute atomic E-state index is 12.7. The Morgan fingerprint density at radius 3 is 2.39 bits per heavy atom. The van der Waals surface area contributed by atoms with E-state index in [-0.39, 0.29) is 11.8 Å². The minimum atomic E-state index is -0.251. The second-order valence-electron chi connectivity index (χ2n) is 6.40. The second-order valence-corrected chi connectivity index (χ2v) is 7.38. The Morgan fingerprint density at radius 1 is 0.857 bits per heavy atom. The maximum atomic E-state index is 12.7. The van der Waals surface area contributed by atoms with Gasteiger partial charge in [0.05, 0.1) is 17.0 Å². The van der Waals surface area contributed by atoms with E-state index < -0.39 is 0 Å².